The summed E-state index contributed by atoms with van der Waals surface area (Å²) >= 11 is 0. The van der Waals surface area contributed by atoms with Crippen molar-refractivity contribution in [3.05, 3.63) is 65.0 Å². The Balaban J connectivity index is 1.29. The summed E-state index contributed by atoms with van der Waals surface area (Å²) in [6, 6.07) is 15.1. The molecule has 1 amide bonds. The van der Waals surface area contributed by atoms with E-state index in [0.717, 1.165) is 18.4 Å². The molecule has 1 N–H and O–H groups in total. The molecule has 0 bridgehead atoms. The number of hydrogen-bond donors (Lipinski definition) is 1. The maximum Gasteiger partial charge on any atom is 0.226 e. The Morgan fingerprint density at radius 2 is 2.00 bits per heavy atom. The Kier molecular flexibility index (Phi) is 4.55. The summed E-state index contributed by atoms with van der Waals surface area (Å²) in [6.45, 7) is 0.367. The molecule has 30 heavy (non-hydrogen) atoms. The van der Waals surface area contributed by atoms with Gasteiger partial charge in [0, 0.05) is 23.1 Å². The zero-order chi connectivity index (χ0) is 20.5. The fourth-order valence-electron chi connectivity index (χ4n) is 3.45. The molecule has 2 aromatic carbocycles. The molecule has 1 aliphatic carbocycles. The summed E-state index contributed by atoms with van der Waals surface area (Å²) in [5.41, 5.74) is 2.13. The summed E-state index contributed by atoms with van der Waals surface area (Å²) in [6.07, 6.45) is 3.68. The molecule has 5 rings (SSSR count). The number of benzene rings is 2. The fourth-order valence-corrected chi connectivity index (χ4v) is 3.45. The van der Waals surface area contributed by atoms with Crippen molar-refractivity contribution in [2.45, 2.75) is 31.8 Å². The van der Waals surface area contributed by atoms with E-state index in [0.29, 0.717) is 35.0 Å². The maximum atomic E-state index is 12.5. The number of aromatic nitrogens is 6. The van der Waals surface area contributed by atoms with Crippen LogP contribution in [0.1, 0.15) is 25.3 Å². The molecule has 2 heterocycles. The minimum Gasteiger partial charge on any atom is -0.326 e. The number of nitrogens with zero attached hydrogens (tertiary/aromatic N) is 6. The van der Waals surface area contributed by atoms with E-state index in [1.165, 1.54) is 6.20 Å². The van der Waals surface area contributed by atoms with Gasteiger partial charge in [0.1, 0.15) is 0 Å². The zero-order valence-corrected chi connectivity index (χ0v) is 16.1. The molecule has 1 fully saturated rings. The predicted molar refractivity (Wildman–Crippen MR) is 111 cm³/mol. The monoisotopic (exact) mass is 401 g/mol. The average molecular weight is 401 g/mol. The van der Waals surface area contributed by atoms with E-state index in [1.54, 1.807) is 10.7 Å². The highest BCUT2D eigenvalue weighted by molar-refractivity contribution is 5.91. The van der Waals surface area contributed by atoms with Crippen molar-refractivity contribution in [1.82, 2.24) is 30.0 Å². The Hall–Kier alpha value is -3.88. The number of tetrazole rings is 1. The first-order valence-corrected chi connectivity index (χ1v) is 9.82. The molecule has 150 valence electrons. The molecule has 0 spiro atoms. The lowest BCUT2D eigenvalue weighted by atomic mass is 10.2. The third kappa shape index (κ3) is 3.57. The van der Waals surface area contributed by atoms with Gasteiger partial charge >= 0.3 is 0 Å². The number of para-hydroxylation sites is 1. The topological polar surface area (TPSA) is 108 Å². The molecule has 0 aliphatic heterocycles. The van der Waals surface area contributed by atoms with Gasteiger partial charge in [0.25, 0.3) is 0 Å². The lowest BCUT2D eigenvalue weighted by Gasteiger charge is -2.10. The van der Waals surface area contributed by atoms with Crippen molar-refractivity contribution in [3.63, 3.8) is 0 Å². The van der Waals surface area contributed by atoms with Crippen LogP contribution in [0.15, 0.2) is 59.5 Å². The Bertz CT molecular complexity index is 1290. The summed E-state index contributed by atoms with van der Waals surface area (Å²) in [7, 11) is 0. The van der Waals surface area contributed by atoms with Gasteiger partial charge < -0.3 is 5.32 Å². The molecule has 9 heteroatoms. The Morgan fingerprint density at radius 3 is 2.87 bits per heavy atom. The molecule has 0 saturated heterocycles. The molecule has 9 nitrogen and oxygen atoms in total. The van der Waals surface area contributed by atoms with Crippen LogP contribution in [-0.2, 0) is 11.3 Å². The third-order valence-electron chi connectivity index (χ3n) is 5.10. The van der Waals surface area contributed by atoms with E-state index >= 15 is 0 Å². The number of hydrogen-bond acceptors (Lipinski definition) is 6. The van der Waals surface area contributed by atoms with Crippen molar-refractivity contribution in [1.29, 1.82) is 0 Å². The molecule has 1 saturated carbocycles. The van der Waals surface area contributed by atoms with Crippen LogP contribution in [0, 0.1) is 0 Å². The first kappa shape index (κ1) is 18.2. The molecule has 0 atom stereocenters. The summed E-state index contributed by atoms with van der Waals surface area (Å²) in [5.74, 6) is 0.566. The fraction of sp³-hybridized carbons (Fsp3) is 0.238. The van der Waals surface area contributed by atoms with Gasteiger partial charge in [-0.1, -0.05) is 24.3 Å². The van der Waals surface area contributed by atoms with Gasteiger partial charge in [-0.15, -0.1) is 5.10 Å². The minimum atomic E-state index is -0.140. The highest BCUT2D eigenvalue weighted by Crippen LogP contribution is 2.36. The second-order valence-electron chi connectivity index (χ2n) is 7.31. The SMILES string of the molecule is O=C(CCn1ncc(=O)c2ccccc21)Nc1cccc(-c2nnnn2C2CC2)c1. The van der Waals surface area contributed by atoms with E-state index in [2.05, 4.69) is 25.9 Å². The third-order valence-corrected chi connectivity index (χ3v) is 5.10. The van der Waals surface area contributed by atoms with Crippen LogP contribution in [0.3, 0.4) is 0 Å². The number of carbonyl (C=O) groups excluding carboxylic acids is 1. The van der Waals surface area contributed by atoms with Gasteiger partial charge in [0.2, 0.25) is 11.3 Å². The standard InChI is InChI=1S/C21H19N7O2/c29-19-13-22-27(18-7-2-1-6-17(18)19)11-10-20(30)23-15-5-3-4-14(12-15)21-24-25-26-28(21)16-8-9-16/h1-7,12-13,16H,8-11H2,(H,23,30). The number of anilines is 1. The minimum absolute atomic E-state index is 0.128. The number of fused-ring (bicyclic) bond motifs is 1. The van der Waals surface area contributed by atoms with Gasteiger partial charge in [0.15, 0.2) is 5.82 Å². The van der Waals surface area contributed by atoms with E-state index in [-0.39, 0.29) is 17.8 Å². The molecule has 0 radical (unpaired) electrons. The van der Waals surface area contributed by atoms with E-state index in [1.807, 2.05) is 47.1 Å². The molecule has 1 aliphatic rings. The average Bonchev–Trinajstić information content (AvgIpc) is 3.50. The van der Waals surface area contributed by atoms with Crippen molar-refractivity contribution in [2.75, 3.05) is 5.32 Å². The highest BCUT2D eigenvalue weighted by Gasteiger charge is 2.28. The summed E-state index contributed by atoms with van der Waals surface area (Å²) < 4.78 is 3.52. The Labute approximate surface area is 171 Å². The quantitative estimate of drug-likeness (QED) is 0.532. The van der Waals surface area contributed by atoms with Crippen molar-refractivity contribution >= 4 is 22.5 Å². The van der Waals surface area contributed by atoms with Gasteiger partial charge in [0.05, 0.1) is 24.3 Å². The van der Waals surface area contributed by atoms with Crippen LogP contribution < -0.4 is 10.7 Å². The Morgan fingerprint density at radius 1 is 1.13 bits per heavy atom. The number of aryl methyl sites for hydroxylation is 1. The van der Waals surface area contributed by atoms with E-state index in [4.69, 9.17) is 0 Å². The van der Waals surface area contributed by atoms with Gasteiger partial charge in [-0.25, -0.2) is 4.68 Å². The lowest BCUT2D eigenvalue weighted by molar-refractivity contribution is -0.116. The number of carbonyl (C=O) groups is 1. The second-order valence-corrected chi connectivity index (χ2v) is 7.31. The number of amides is 1. The van der Waals surface area contributed by atoms with Gasteiger partial charge in [-0.05, 0) is 47.5 Å². The van der Waals surface area contributed by atoms with Crippen LogP contribution in [0.5, 0.6) is 0 Å². The van der Waals surface area contributed by atoms with Crippen LogP contribution in [0.2, 0.25) is 0 Å². The molecular weight excluding hydrogens is 382 g/mol. The van der Waals surface area contributed by atoms with E-state index in [9.17, 15) is 9.59 Å². The highest BCUT2D eigenvalue weighted by atomic mass is 16.1. The first-order valence-electron chi connectivity index (χ1n) is 9.82. The molecule has 4 aromatic rings. The van der Waals surface area contributed by atoms with Gasteiger partial charge in [-0.3, -0.25) is 14.3 Å². The van der Waals surface area contributed by atoms with Crippen LogP contribution in [0.25, 0.3) is 22.3 Å². The predicted octanol–water partition coefficient (Wildman–Crippen LogP) is 2.41. The number of nitrogens with one attached hydrogen (secondary N) is 1. The molecule has 0 unspecified atom stereocenters. The normalized spacial score (nSPS) is 13.5. The first-order chi connectivity index (χ1) is 14.7. The van der Waals surface area contributed by atoms with Gasteiger partial charge in [-0.2, -0.15) is 5.10 Å². The zero-order valence-electron chi connectivity index (χ0n) is 16.1. The van der Waals surface area contributed by atoms with E-state index < -0.39 is 0 Å². The number of rotatable bonds is 6. The summed E-state index contributed by atoms with van der Waals surface area (Å²) in [4.78, 5) is 24.5. The van der Waals surface area contributed by atoms with Crippen LogP contribution >= 0.6 is 0 Å². The van der Waals surface area contributed by atoms with Crippen molar-refractivity contribution < 1.29 is 4.79 Å². The van der Waals surface area contributed by atoms with Crippen LogP contribution in [-0.4, -0.2) is 35.9 Å². The largest absolute Gasteiger partial charge is 0.326 e. The molecule has 2 aromatic heterocycles. The molecular formula is C21H19N7O2. The van der Waals surface area contributed by atoms with Crippen molar-refractivity contribution in [2.24, 2.45) is 0 Å². The van der Waals surface area contributed by atoms with Crippen LogP contribution in [0.4, 0.5) is 5.69 Å². The smallest absolute Gasteiger partial charge is 0.226 e. The maximum absolute atomic E-state index is 12.5. The van der Waals surface area contributed by atoms with Crippen molar-refractivity contribution in [3.8, 4) is 11.4 Å². The lowest BCUT2D eigenvalue weighted by Crippen LogP contribution is -2.18. The summed E-state index contributed by atoms with van der Waals surface area (Å²) in [5, 5.41) is 19.7. The second kappa shape index (κ2) is 7.51.